The Morgan fingerprint density at radius 1 is 1.50 bits per heavy atom. The molecule has 70 valence electrons. The van der Waals surface area contributed by atoms with E-state index in [2.05, 4.69) is 5.32 Å². The van der Waals surface area contributed by atoms with Crippen LogP contribution in [0.4, 0.5) is 0 Å². The van der Waals surface area contributed by atoms with Crippen molar-refractivity contribution in [3.63, 3.8) is 0 Å². The predicted octanol–water partition coefficient (Wildman–Crippen LogP) is 1.08. The molecular weight excluding hydrogens is 154 g/mol. The molecule has 0 unspecified atom stereocenters. The summed E-state index contributed by atoms with van der Waals surface area (Å²) in [7, 11) is 0. The van der Waals surface area contributed by atoms with Crippen molar-refractivity contribution in [3.8, 4) is 0 Å². The molecule has 0 radical (unpaired) electrons. The first-order valence-electron chi connectivity index (χ1n) is 4.69. The highest BCUT2D eigenvalue weighted by Gasteiger charge is 2.24. The Labute approximate surface area is 73.5 Å². The number of carbonyl (C=O) groups is 1. The van der Waals surface area contributed by atoms with Crippen molar-refractivity contribution in [3.05, 3.63) is 0 Å². The fourth-order valence-corrected chi connectivity index (χ4v) is 1.79. The monoisotopic (exact) mass is 171 g/mol. The third kappa shape index (κ3) is 2.48. The lowest BCUT2D eigenvalue weighted by Gasteiger charge is -2.30. The van der Waals surface area contributed by atoms with Gasteiger partial charge in [-0.15, -0.1) is 0 Å². The van der Waals surface area contributed by atoms with Crippen LogP contribution in [0.15, 0.2) is 0 Å². The van der Waals surface area contributed by atoms with Gasteiger partial charge in [-0.1, -0.05) is 12.8 Å². The summed E-state index contributed by atoms with van der Waals surface area (Å²) in [6, 6.07) is 0.246. The summed E-state index contributed by atoms with van der Waals surface area (Å²) in [6.45, 7) is 2.73. The SMILES string of the molecule is CCO[C@@H]1CCCC[C@H]1NC=O. The maximum atomic E-state index is 10.3. The number of carbonyl (C=O) groups excluding carboxylic acids is 1. The van der Waals surface area contributed by atoms with E-state index in [9.17, 15) is 4.79 Å². The molecule has 0 saturated heterocycles. The lowest BCUT2D eigenvalue weighted by atomic mass is 9.92. The fourth-order valence-electron chi connectivity index (χ4n) is 1.79. The molecule has 3 heteroatoms. The highest BCUT2D eigenvalue weighted by atomic mass is 16.5. The van der Waals surface area contributed by atoms with Crippen LogP contribution >= 0.6 is 0 Å². The van der Waals surface area contributed by atoms with Crippen LogP contribution in [0.1, 0.15) is 32.6 Å². The van der Waals surface area contributed by atoms with Gasteiger partial charge in [0.1, 0.15) is 0 Å². The molecule has 2 atom stereocenters. The third-order valence-corrected chi connectivity index (χ3v) is 2.37. The molecule has 1 fully saturated rings. The van der Waals surface area contributed by atoms with Gasteiger partial charge in [0.05, 0.1) is 12.1 Å². The third-order valence-electron chi connectivity index (χ3n) is 2.37. The Hall–Kier alpha value is -0.570. The summed E-state index contributed by atoms with van der Waals surface area (Å²) in [4.78, 5) is 10.3. The molecule has 1 amide bonds. The first kappa shape index (κ1) is 9.52. The largest absolute Gasteiger partial charge is 0.376 e. The van der Waals surface area contributed by atoms with Gasteiger partial charge >= 0.3 is 0 Å². The predicted molar refractivity (Wildman–Crippen MR) is 46.9 cm³/mol. The van der Waals surface area contributed by atoms with Crippen molar-refractivity contribution >= 4 is 6.41 Å². The Morgan fingerprint density at radius 2 is 2.25 bits per heavy atom. The molecule has 1 N–H and O–H groups in total. The Kier molecular flexibility index (Phi) is 4.08. The normalized spacial score (nSPS) is 29.8. The van der Waals surface area contributed by atoms with Crippen molar-refractivity contribution in [2.75, 3.05) is 6.61 Å². The Bertz CT molecular complexity index is 136. The standard InChI is InChI=1S/C9H17NO2/c1-2-12-9-6-4-3-5-8(9)10-7-11/h7-9H,2-6H2,1H3,(H,10,11)/t8-,9-/m1/s1. The topological polar surface area (TPSA) is 38.3 Å². The molecule has 0 heterocycles. The maximum Gasteiger partial charge on any atom is 0.207 e. The minimum Gasteiger partial charge on any atom is -0.376 e. The lowest BCUT2D eigenvalue weighted by Crippen LogP contribution is -2.42. The minimum absolute atomic E-state index is 0.244. The van der Waals surface area contributed by atoms with Crippen LogP contribution in [0.3, 0.4) is 0 Å². The molecule has 1 rings (SSSR count). The summed E-state index contributed by atoms with van der Waals surface area (Å²) in [6.07, 6.45) is 5.59. The molecule has 1 aliphatic rings. The van der Waals surface area contributed by atoms with Crippen molar-refractivity contribution in [2.45, 2.75) is 44.8 Å². The number of hydrogen-bond donors (Lipinski definition) is 1. The van der Waals surface area contributed by atoms with Crippen LogP contribution in [-0.2, 0) is 9.53 Å². The van der Waals surface area contributed by atoms with Gasteiger partial charge in [0.2, 0.25) is 6.41 Å². The summed E-state index contributed by atoms with van der Waals surface area (Å²) in [5.41, 5.74) is 0. The first-order valence-corrected chi connectivity index (χ1v) is 4.69. The van der Waals surface area contributed by atoms with Gasteiger partial charge in [-0.05, 0) is 19.8 Å². The lowest BCUT2D eigenvalue weighted by molar-refractivity contribution is -0.111. The molecule has 0 aromatic heterocycles. The fraction of sp³-hybridized carbons (Fsp3) is 0.889. The van der Waals surface area contributed by atoms with E-state index in [0.717, 1.165) is 25.9 Å². The van der Waals surface area contributed by atoms with Gasteiger partial charge in [0, 0.05) is 6.61 Å². The van der Waals surface area contributed by atoms with Gasteiger partial charge in [-0.3, -0.25) is 4.79 Å². The summed E-state index contributed by atoms with van der Waals surface area (Å²) >= 11 is 0. The Morgan fingerprint density at radius 3 is 2.92 bits per heavy atom. The summed E-state index contributed by atoms with van der Waals surface area (Å²) in [5.74, 6) is 0. The van der Waals surface area contributed by atoms with E-state index in [0.29, 0.717) is 0 Å². The summed E-state index contributed by atoms with van der Waals surface area (Å²) < 4.78 is 5.53. The molecule has 0 aliphatic heterocycles. The molecule has 12 heavy (non-hydrogen) atoms. The van der Waals surface area contributed by atoms with Crippen molar-refractivity contribution in [1.82, 2.24) is 5.32 Å². The Balaban J connectivity index is 2.36. The molecule has 1 aliphatic carbocycles. The quantitative estimate of drug-likeness (QED) is 0.643. The minimum atomic E-state index is 0.244. The molecular formula is C9H17NO2. The zero-order valence-electron chi connectivity index (χ0n) is 7.58. The van der Waals surface area contributed by atoms with Crippen molar-refractivity contribution in [1.29, 1.82) is 0 Å². The van der Waals surface area contributed by atoms with Crippen LogP contribution in [0.5, 0.6) is 0 Å². The van der Waals surface area contributed by atoms with Gasteiger partial charge in [-0.2, -0.15) is 0 Å². The maximum absolute atomic E-state index is 10.3. The van der Waals surface area contributed by atoms with E-state index in [4.69, 9.17) is 4.74 Å². The van der Waals surface area contributed by atoms with E-state index in [1.165, 1.54) is 12.8 Å². The second kappa shape index (κ2) is 5.14. The number of ether oxygens (including phenoxy) is 1. The zero-order valence-corrected chi connectivity index (χ0v) is 7.58. The van der Waals surface area contributed by atoms with E-state index >= 15 is 0 Å². The van der Waals surface area contributed by atoms with E-state index in [1.807, 2.05) is 6.92 Å². The van der Waals surface area contributed by atoms with E-state index in [1.54, 1.807) is 0 Å². The number of amides is 1. The first-order chi connectivity index (χ1) is 5.88. The van der Waals surface area contributed by atoms with E-state index in [-0.39, 0.29) is 12.1 Å². The van der Waals surface area contributed by atoms with Gasteiger partial charge in [0.25, 0.3) is 0 Å². The van der Waals surface area contributed by atoms with Crippen LogP contribution in [0, 0.1) is 0 Å². The molecule has 3 nitrogen and oxygen atoms in total. The van der Waals surface area contributed by atoms with Gasteiger partial charge in [0.15, 0.2) is 0 Å². The second-order valence-corrected chi connectivity index (χ2v) is 3.17. The smallest absolute Gasteiger partial charge is 0.207 e. The van der Waals surface area contributed by atoms with E-state index < -0.39 is 0 Å². The highest BCUT2D eigenvalue weighted by Crippen LogP contribution is 2.20. The van der Waals surface area contributed by atoms with Crippen LogP contribution < -0.4 is 5.32 Å². The molecule has 0 bridgehead atoms. The number of rotatable bonds is 4. The number of nitrogens with one attached hydrogen (secondary N) is 1. The summed E-state index contributed by atoms with van der Waals surface area (Å²) in [5, 5.41) is 2.81. The molecule has 1 saturated carbocycles. The average Bonchev–Trinajstić information content (AvgIpc) is 2.09. The van der Waals surface area contributed by atoms with Gasteiger partial charge in [-0.25, -0.2) is 0 Å². The highest BCUT2D eigenvalue weighted by molar-refractivity contribution is 5.46. The zero-order chi connectivity index (χ0) is 8.81. The van der Waals surface area contributed by atoms with Crippen LogP contribution in [-0.4, -0.2) is 25.2 Å². The average molecular weight is 171 g/mol. The van der Waals surface area contributed by atoms with Crippen LogP contribution in [0.2, 0.25) is 0 Å². The second-order valence-electron chi connectivity index (χ2n) is 3.17. The van der Waals surface area contributed by atoms with Crippen molar-refractivity contribution in [2.24, 2.45) is 0 Å². The van der Waals surface area contributed by atoms with Crippen LogP contribution in [0.25, 0.3) is 0 Å². The molecule has 0 aromatic carbocycles. The van der Waals surface area contributed by atoms with Gasteiger partial charge < -0.3 is 10.1 Å². The number of hydrogen-bond acceptors (Lipinski definition) is 2. The molecule has 0 aromatic rings. The van der Waals surface area contributed by atoms with Crippen molar-refractivity contribution < 1.29 is 9.53 Å². The molecule has 0 spiro atoms.